The van der Waals surface area contributed by atoms with Gasteiger partial charge in [0.2, 0.25) is 0 Å². The van der Waals surface area contributed by atoms with Gasteiger partial charge in [0.05, 0.1) is 11.8 Å². The van der Waals surface area contributed by atoms with Gasteiger partial charge in [-0.1, -0.05) is 12.8 Å². The molecular formula is C12H17N3O3. The average molecular weight is 251 g/mol. The predicted molar refractivity (Wildman–Crippen MR) is 64.2 cm³/mol. The van der Waals surface area contributed by atoms with Crippen molar-refractivity contribution in [2.45, 2.75) is 32.2 Å². The van der Waals surface area contributed by atoms with Gasteiger partial charge in [-0.3, -0.25) is 14.3 Å². The van der Waals surface area contributed by atoms with Gasteiger partial charge < -0.3 is 10.0 Å². The molecule has 0 aromatic carbocycles. The second kappa shape index (κ2) is 5.66. The fraction of sp³-hybridized carbons (Fsp3) is 0.583. The molecule has 1 aliphatic rings. The maximum atomic E-state index is 12.2. The molecule has 1 saturated heterocycles. The van der Waals surface area contributed by atoms with E-state index in [9.17, 15) is 9.59 Å². The largest absolute Gasteiger partial charge is 0.480 e. The summed E-state index contributed by atoms with van der Waals surface area (Å²) in [4.78, 5) is 24.5. The van der Waals surface area contributed by atoms with E-state index in [1.807, 2.05) is 4.90 Å². The second-order valence-electron chi connectivity index (χ2n) is 4.53. The second-order valence-corrected chi connectivity index (χ2v) is 4.53. The normalized spacial score (nSPS) is 16.3. The predicted octanol–water partition coefficient (Wildman–Crippen LogP) is 0.984. The van der Waals surface area contributed by atoms with E-state index in [1.165, 1.54) is 29.9 Å². The summed E-state index contributed by atoms with van der Waals surface area (Å²) < 4.78 is 1.27. The first kappa shape index (κ1) is 12.6. The molecule has 2 rings (SSSR count). The van der Waals surface area contributed by atoms with Gasteiger partial charge in [-0.15, -0.1) is 0 Å². The molecule has 6 heteroatoms. The number of likely N-dealkylation sites (tertiary alicyclic amines) is 1. The summed E-state index contributed by atoms with van der Waals surface area (Å²) in [7, 11) is 0. The van der Waals surface area contributed by atoms with Gasteiger partial charge in [0, 0.05) is 19.3 Å². The molecule has 0 spiro atoms. The molecule has 0 unspecified atom stereocenters. The molecule has 0 bridgehead atoms. The standard InChI is InChI=1S/C12H17N3O3/c16-11(17)9-15-8-10(7-13-15)12(18)14-5-3-1-2-4-6-14/h7-8H,1-6,9H2,(H,16,17). The van der Waals surface area contributed by atoms with Crippen molar-refractivity contribution >= 4 is 11.9 Å². The lowest BCUT2D eigenvalue weighted by molar-refractivity contribution is -0.137. The van der Waals surface area contributed by atoms with E-state index in [-0.39, 0.29) is 12.5 Å². The van der Waals surface area contributed by atoms with Crippen LogP contribution in [0.2, 0.25) is 0 Å². The van der Waals surface area contributed by atoms with E-state index in [4.69, 9.17) is 5.11 Å². The van der Waals surface area contributed by atoms with Crippen molar-refractivity contribution in [3.63, 3.8) is 0 Å². The Kier molecular flexibility index (Phi) is 3.96. The zero-order valence-electron chi connectivity index (χ0n) is 10.2. The SMILES string of the molecule is O=C(O)Cn1cc(C(=O)N2CCCCCC2)cn1. The van der Waals surface area contributed by atoms with Crippen molar-refractivity contribution in [2.75, 3.05) is 13.1 Å². The molecule has 0 radical (unpaired) electrons. The van der Waals surface area contributed by atoms with Crippen molar-refractivity contribution in [3.05, 3.63) is 18.0 Å². The highest BCUT2D eigenvalue weighted by Gasteiger charge is 2.18. The first-order valence-corrected chi connectivity index (χ1v) is 6.20. The number of rotatable bonds is 3. The number of carboxylic acids is 1. The number of carbonyl (C=O) groups excluding carboxylic acids is 1. The Morgan fingerprint density at radius 3 is 2.50 bits per heavy atom. The molecule has 2 heterocycles. The van der Waals surface area contributed by atoms with Crippen molar-refractivity contribution in [2.24, 2.45) is 0 Å². The van der Waals surface area contributed by atoms with Crippen LogP contribution >= 0.6 is 0 Å². The third kappa shape index (κ3) is 3.09. The molecule has 0 saturated carbocycles. The first-order valence-electron chi connectivity index (χ1n) is 6.20. The molecule has 6 nitrogen and oxygen atoms in total. The number of aliphatic carboxylic acids is 1. The number of hydrogen-bond donors (Lipinski definition) is 1. The molecule has 1 aliphatic heterocycles. The Hall–Kier alpha value is -1.85. The Balaban J connectivity index is 2.03. The summed E-state index contributed by atoms with van der Waals surface area (Å²) in [6.45, 7) is 1.35. The third-order valence-corrected chi connectivity index (χ3v) is 3.07. The lowest BCUT2D eigenvalue weighted by Crippen LogP contribution is -2.31. The fourth-order valence-electron chi connectivity index (χ4n) is 2.16. The van der Waals surface area contributed by atoms with Crippen LogP contribution in [0.25, 0.3) is 0 Å². The Labute approximate surface area is 105 Å². The molecule has 1 amide bonds. The summed E-state index contributed by atoms with van der Waals surface area (Å²) in [5.74, 6) is -1.01. The van der Waals surface area contributed by atoms with Crippen molar-refractivity contribution < 1.29 is 14.7 Å². The van der Waals surface area contributed by atoms with Crippen molar-refractivity contribution in [3.8, 4) is 0 Å². The van der Waals surface area contributed by atoms with Crippen LogP contribution in [0.15, 0.2) is 12.4 Å². The maximum absolute atomic E-state index is 12.2. The van der Waals surface area contributed by atoms with Crippen LogP contribution in [0, 0.1) is 0 Å². The Bertz CT molecular complexity index is 434. The van der Waals surface area contributed by atoms with Gasteiger partial charge in [-0.25, -0.2) is 0 Å². The number of nitrogens with zero attached hydrogens (tertiary/aromatic N) is 3. The molecule has 1 aromatic rings. The van der Waals surface area contributed by atoms with Gasteiger partial charge in [0.1, 0.15) is 6.54 Å². The van der Waals surface area contributed by atoms with Crippen LogP contribution in [-0.4, -0.2) is 44.8 Å². The Morgan fingerprint density at radius 2 is 1.89 bits per heavy atom. The first-order chi connectivity index (χ1) is 8.66. The number of aromatic nitrogens is 2. The number of hydrogen-bond acceptors (Lipinski definition) is 3. The van der Waals surface area contributed by atoms with Crippen LogP contribution in [0.3, 0.4) is 0 Å². The quantitative estimate of drug-likeness (QED) is 0.869. The highest BCUT2D eigenvalue weighted by molar-refractivity contribution is 5.93. The smallest absolute Gasteiger partial charge is 0.325 e. The molecule has 18 heavy (non-hydrogen) atoms. The molecular weight excluding hydrogens is 234 g/mol. The minimum Gasteiger partial charge on any atom is -0.480 e. The van der Waals surface area contributed by atoms with Gasteiger partial charge in [-0.2, -0.15) is 5.10 Å². The minimum absolute atomic E-state index is 0.0476. The monoisotopic (exact) mass is 251 g/mol. The molecule has 1 fully saturated rings. The lowest BCUT2D eigenvalue weighted by Gasteiger charge is -2.19. The maximum Gasteiger partial charge on any atom is 0.325 e. The number of amides is 1. The highest BCUT2D eigenvalue weighted by Crippen LogP contribution is 2.13. The van der Waals surface area contributed by atoms with Gasteiger partial charge in [0.25, 0.3) is 5.91 Å². The highest BCUT2D eigenvalue weighted by atomic mass is 16.4. The van der Waals surface area contributed by atoms with Crippen LogP contribution < -0.4 is 0 Å². The van der Waals surface area contributed by atoms with E-state index >= 15 is 0 Å². The van der Waals surface area contributed by atoms with Crippen LogP contribution in [0.5, 0.6) is 0 Å². The summed E-state index contributed by atoms with van der Waals surface area (Å²) in [6, 6.07) is 0. The van der Waals surface area contributed by atoms with Gasteiger partial charge >= 0.3 is 5.97 Å². The van der Waals surface area contributed by atoms with E-state index in [0.29, 0.717) is 5.56 Å². The summed E-state index contributed by atoms with van der Waals surface area (Å²) in [5.41, 5.74) is 0.471. The van der Waals surface area contributed by atoms with E-state index < -0.39 is 5.97 Å². The average Bonchev–Trinajstić information content (AvgIpc) is 2.63. The van der Waals surface area contributed by atoms with Crippen LogP contribution in [0.4, 0.5) is 0 Å². The lowest BCUT2D eigenvalue weighted by atomic mass is 10.2. The zero-order valence-corrected chi connectivity index (χ0v) is 10.2. The summed E-state index contributed by atoms with van der Waals surface area (Å²) in [5, 5.41) is 12.5. The molecule has 98 valence electrons. The minimum atomic E-state index is -0.966. The van der Waals surface area contributed by atoms with E-state index in [0.717, 1.165) is 25.9 Å². The van der Waals surface area contributed by atoms with Crippen LogP contribution in [0.1, 0.15) is 36.0 Å². The van der Waals surface area contributed by atoms with Gasteiger partial charge in [-0.05, 0) is 12.8 Å². The molecule has 1 N–H and O–H groups in total. The molecule has 0 atom stereocenters. The Morgan fingerprint density at radius 1 is 1.22 bits per heavy atom. The fourth-order valence-corrected chi connectivity index (χ4v) is 2.16. The molecule has 1 aromatic heterocycles. The third-order valence-electron chi connectivity index (χ3n) is 3.07. The van der Waals surface area contributed by atoms with Crippen LogP contribution in [-0.2, 0) is 11.3 Å². The number of carboxylic acid groups (broad SMARTS) is 1. The topological polar surface area (TPSA) is 75.4 Å². The van der Waals surface area contributed by atoms with Crippen molar-refractivity contribution in [1.82, 2.24) is 14.7 Å². The van der Waals surface area contributed by atoms with E-state index in [2.05, 4.69) is 5.10 Å². The number of carbonyl (C=O) groups is 2. The van der Waals surface area contributed by atoms with Gasteiger partial charge in [0.15, 0.2) is 0 Å². The summed E-state index contributed by atoms with van der Waals surface area (Å²) >= 11 is 0. The van der Waals surface area contributed by atoms with Crippen molar-refractivity contribution in [1.29, 1.82) is 0 Å². The summed E-state index contributed by atoms with van der Waals surface area (Å²) in [6.07, 6.45) is 7.35. The van der Waals surface area contributed by atoms with E-state index in [1.54, 1.807) is 0 Å². The zero-order chi connectivity index (χ0) is 13.0. The molecule has 0 aliphatic carbocycles.